The summed E-state index contributed by atoms with van der Waals surface area (Å²) < 4.78 is 1.89. The molecule has 0 N–H and O–H groups in total. The third-order valence-corrected chi connectivity index (χ3v) is 2.23. The van der Waals surface area contributed by atoms with E-state index in [2.05, 4.69) is 0 Å². The van der Waals surface area contributed by atoms with Gasteiger partial charge in [0, 0.05) is 30.6 Å². The number of carbonyl (C=O) groups excluding carboxylic acids is 1. The molecule has 0 saturated carbocycles. The highest BCUT2D eigenvalue weighted by Gasteiger charge is 2.17. The molecular weight excluding hydrogens is 223 g/mol. The van der Waals surface area contributed by atoms with E-state index in [1.807, 2.05) is 19.1 Å². The maximum Gasteiger partial charge on any atom is 0.353 e. The summed E-state index contributed by atoms with van der Waals surface area (Å²) in [6.07, 6.45) is 0. The molecule has 0 fully saturated rings. The first-order valence-electron chi connectivity index (χ1n) is 3.99. The largest absolute Gasteiger partial charge is 0.353 e. The van der Waals surface area contributed by atoms with E-state index < -0.39 is 6.03 Å². The standard InChI is InChI=1S/C9H10Cl2N2O/c1-7-5-3-4-6-8(7)13(11)9(14)12(2)10/h3-6H,1-2H3. The molecule has 1 aromatic rings. The molecule has 76 valence electrons. The van der Waals surface area contributed by atoms with Crippen molar-refractivity contribution in [2.24, 2.45) is 0 Å². The van der Waals surface area contributed by atoms with Crippen molar-refractivity contribution in [3.05, 3.63) is 29.8 Å². The zero-order valence-electron chi connectivity index (χ0n) is 7.87. The van der Waals surface area contributed by atoms with Gasteiger partial charge in [-0.25, -0.2) is 13.6 Å². The predicted molar refractivity (Wildman–Crippen MR) is 58.5 cm³/mol. The summed E-state index contributed by atoms with van der Waals surface area (Å²) >= 11 is 11.3. The van der Waals surface area contributed by atoms with E-state index >= 15 is 0 Å². The maximum absolute atomic E-state index is 11.4. The van der Waals surface area contributed by atoms with Gasteiger partial charge in [-0.05, 0) is 18.6 Å². The van der Waals surface area contributed by atoms with Gasteiger partial charge in [0.1, 0.15) is 0 Å². The lowest BCUT2D eigenvalue weighted by Crippen LogP contribution is -2.29. The Morgan fingerprint density at radius 3 is 2.36 bits per heavy atom. The first-order valence-corrected chi connectivity index (χ1v) is 4.66. The molecule has 0 aliphatic rings. The monoisotopic (exact) mass is 232 g/mol. The van der Waals surface area contributed by atoms with Crippen LogP contribution in [0.5, 0.6) is 0 Å². The van der Waals surface area contributed by atoms with Crippen molar-refractivity contribution >= 4 is 35.3 Å². The van der Waals surface area contributed by atoms with Crippen molar-refractivity contribution in [1.29, 1.82) is 0 Å². The van der Waals surface area contributed by atoms with Gasteiger partial charge < -0.3 is 0 Å². The minimum atomic E-state index is -0.484. The van der Waals surface area contributed by atoms with E-state index in [-0.39, 0.29) is 0 Å². The quantitative estimate of drug-likeness (QED) is 0.683. The minimum Gasteiger partial charge on any atom is -0.245 e. The fourth-order valence-electron chi connectivity index (χ4n) is 1.01. The molecule has 0 saturated heterocycles. The Morgan fingerprint density at radius 1 is 1.29 bits per heavy atom. The summed E-state index contributed by atoms with van der Waals surface area (Å²) in [7, 11) is 1.43. The molecule has 1 rings (SSSR count). The van der Waals surface area contributed by atoms with Crippen molar-refractivity contribution in [2.75, 3.05) is 11.5 Å². The molecule has 0 aliphatic heterocycles. The fraction of sp³-hybridized carbons (Fsp3) is 0.222. The van der Waals surface area contributed by atoms with Crippen LogP contribution in [0.25, 0.3) is 0 Å². The molecule has 0 atom stereocenters. The first kappa shape index (κ1) is 11.1. The molecular formula is C9H10Cl2N2O. The van der Waals surface area contributed by atoms with Crippen LogP contribution in [-0.2, 0) is 0 Å². The zero-order valence-corrected chi connectivity index (χ0v) is 9.38. The molecule has 0 bridgehead atoms. The number of nitrogens with zero attached hydrogens (tertiary/aromatic N) is 2. The normalized spacial score (nSPS) is 9.71. The number of halogens is 2. The Kier molecular flexibility index (Phi) is 3.61. The van der Waals surface area contributed by atoms with Crippen LogP contribution in [0.1, 0.15) is 5.56 Å². The van der Waals surface area contributed by atoms with Crippen LogP contribution in [0, 0.1) is 6.92 Å². The number of hydrogen-bond acceptors (Lipinski definition) is 1. The van der Waals surface area contributed by atoms with Crippen LogP contribution in [0.2, 0.25) is 0 Å². The molecule has 2 amide bonds. The average Bonchev–Trinajstić information content (AvgIpc) is 2.16. The van der Waals surface area contributed by atoms with E-state index in [0.29, 0.717) is 5.69 Å². The van der Waals surface area contributed by atoms with Gasteiger partial charge in [0.25, 0.3) is 0 Å². The van der Waals surface area contributed by atoms with Crippen LogP contribution in [0.4, 0.5) is 10.5 Å². The van der Waals surface area contributed by atoms with Crippen molar-refractivity contribution in [2.45, 2.75) is 6.92 Å². The van der Waals surface area contributed by atoms with Gasteiger partial charge in [0.2, 0.25) is 0 Å². The summed E-state index contributed by atoms with van der Waals surface area (Å²) in [4.78, 5) is 11.4. The zero-order chi connectivity index (χ0) is 10.7. The van der Waals surface area contributed by atoms with Gasteiger partial charge in [-0.2, -0.15) is 0 Å². The van der Waals surface area contributed by atoms with Crippen molar-refractivity contribution in [3.63, 3.8) is 0 Å². The lowest BCUT2D eigenvalue weighted by Gasteiger charge is -2.18. The summed E-state index contributed by atoms with van der Waals surface area (Å²) in [5.41, 5.74) is 1.54. The molecule has 0 aliphatic carbocycles. The Hall–Kier alpha value is -0.930. The predicted octanol–water partition coefficient (Wildman–Crippen LogP) is 3.16. The highest BCUT2D eigenvalue weighted by atomic mass is 35.5. The molecule has 0 unspecified atom stereocenters. The second-order valence-electron chi connectivity index (χ2n) is 2.83. The smallest absolute Gasteiger partial charge is 0.245 e. The molecule has 0 aromatic heterocycles. The van der Waals surface area contributed by atoms with E-state index in [1.165, 1.54) is 7.05 Å². The van der Waals surface area contributed by atoms with Gasteiger partial charge in [-0.1, -0.05) is 18.2 Å². The summed E-state index contributed by atoms with van der Waals surface area (Å²) in [5, 5.41) is 0. The molecule has 5 heteroatoms. The number of carbonyl (C=O) groups is 1. The van der Waals surface area contributed by atoms with E-state index in [1.54, 1.807) is 12.1 Å². The molecule has 1 aromatic carbocycles. The molecule has 0 radical (unpaired) electrons. The van der Waals surface area contributed by atoms with Crippen LogP contribution in [0.15, 0.2) is 24.3 Å². The topological polar surface area (TPSA) is 23.6 Å². The van der Waals surface area contributed by atoms with Crippen LogP contribution in [0.3, 0.4) is 0 Å². The Balaban J connectivity index is 2.95. The van der Waals surface area contributed by atoms with E-state index in [4.69, 9.17) is 23.6 Å². The third-order valence-electron chi connectivity index (χ3n) is 1.76. The Bertz CT molecular complexity index is 341. The fourth-order valence-corrected chi connectivity index (χ4v) is 1.43. The van der Waals surface area contributed by atoms with Crippen LogP contribution < -0.4 is 4.42 Å². The van der Waals surface area contributed by atoms with Crippen molar-refractivity contribution in [1.82, 2.24) is 4.42 Å². The SMILES string of the molecule is Cc1ccccc1N(Cl)C(=O)N(C)Cl. The van der Waals surface area contributed by atoms with E-state index in [9.17, 15) is 4.79 Å². The maximum atomic E-state index is 11.4. The highest BCUT2D eigenvalue weighted by molar-refractivity contribution is 6.39. The van der Waals surface area contributed by atoms with Gasteiger partial charge >= 0.3 is 6.03 Å². The molecule has 0 heterocycles. The number of benzene rings is 1. The summed E-state index contributed by atoms with van der Waals surface area (Å²) in [5.74, 6) is 0. The van der Waals surface area contributed by atoms with Crippen LogP contribution >= 0.6 is 23.6 Å². The average molecular weight is 233 g/mol. The number of amides is 2. The van der Waals surface area contributed by atoms with E-state index in [0.717, 1.165) is 14.4 Å². The minimum absolute atomic E-state index is 0.484. The number of hydrogen-bond donors (Lipinski definition) is 0. The van der Waals surface area contributed by atoms with Crippen molar-refractivity contribution < 1.29 is 4.79 Å². The Labute approximate surface area is 93.0 Å². The lowest BCUT2D eigenvalue weighted by atomic mass is 10.2. The van der Waals surface area contributed by atoms with Gasteiger partial charge in [0.15, 0.2) is 0 Å². The number of anilines is 1. The summed E-state index contributed by atoms with van der Waals surface area (Å²) in [6, 6.07) is 6.81. The number of aryl methyl sites for hydroxylation is 1. The summed E-state index contributed by atoms with van der Waals surface area (Å²) in [6.45, 7) is 1.87. The number of urea groups is 1. The highest BCUT2D eigenvalue weighted by Crippen LogP contribution is 2.22. The number of rotatable bonds is 1. The second kappa shape index (κ2) is 4.53. The molecule has 0 spiro atoms. The molecule has 3 nitrogen and oxygen atoms in total. The lowest BCUT2D eigenvalue weighted by molar-refractivity contribution is 0.239. The second-order valence-corrected chi connectivity index (χ2v) is 3.67. The van der Waals surface area contributed by atoms with Gasteiger partial charge in [0.05, 0.1) is 5.69 Å². The Morgan fingerprint density at radius 2 is 1.86 bits per heavy atom. The molecule has 14 heavy (non-hydrogen) atoms. The van der Waals surface area contributed by atoms with Gasteiger partial charge in [-0.3, -0.25) is 0 Å². The number of para-hydroxylation sites is 1. The van der Waals surface area contributed by atoms with Crippen molar-refractivity contribution in [3.8, 4) is 0 Å². The van der Waals surface area contributed by atoms with Crippen LogP contribution in [-0.4, -0.2) is 17.5 Å². The van der Waals surface area contributed by atoms with Gasteiger partial charge in [-0.15, -0.1) is 0 Å². The third kappa shape index (κ3) is 2.30. The first-order chi connectivity index (χ1) is 6.54.